The van der Waals surface area contributed by atoms with Crippen LogP contribution in [0.3, 0.4) is 0 Å². The number of thioether (sulfide) groups is 1. The highest BCUT2D eigenvalue weighted by atomic mass is 35.5. The highest BCUT2D eigenvalue weighted by Gasteiger charge is 2.24. The molecule has 142 valence electrons. The lowest BCUT2D eigenvalue weighted by Crippen LogP contribution is -2.44. The molecule has 0 saturated heterocycles. The third kappa shape index (κ3) is 4.89. The Morgan fingerprint density at radius 1 is 1.44 bits per heavy atom. The minimum atomic E-state index is -0.445. The van der Waals surface area contributed by atoms with Crippen LogP contribution >= 0.6 is 46.9 Å². The van der Waals surface area contributed by atoms with E-state index >= 15 is 0 Å². The SMILES string of the molecule is CCOC(=O)C1=C(CSc2nn(-c3ccc(Cl)cc3)c(=S)s2)NC(=O)NC1. The number of ether oxygens (including phenoxy) is 1. The summed E-state index contributed by atoms with van der Waals surface area (Å²) >= 11 is 14.0. The number of urea groups is 1. The van der Waals surface area contributed by atoms with Crippen molar-refractivity contribution in [2.45, 2.75) is 11.3 Å². The van der Waals surface area contributed by atoms with Gasteiger partial charge in [-0.25, -0.2) is 14.3 Å². The molecule has 11 heteroatoms. The normalized spacial score (nSPS) is 13.9. The molecular weight excluding hydrogens is 428 g/mol. The number of aromatic nitrogens is 2. The van der Waals surface area contributed by atoms with E-state index in [0.29, 0.717) is 26.0 Å². The van der Waals surface area contributed by atoms with E-state index in [4.69, 9.17) is 28.6 Å². The van der Waals surface area contributed by atoms with Crippen LogP contribution in [0, 0.1) is 3.95 Å². The maximum absolute atomic E-state index is 12.1. The fourth-order valence-corrected chi connectivity index (χ4v) is 4.74. The maximum Gasteiger partial charge on any atom is 0.337 e. The van der Waals surface area contributed by atoms with Crippen LogP contribution in [0.1, 0.15) is 6.92 Å². The van der Waals surface area contributed by atoms with Gasteiger partial charge in [-0.3, -0.25) is 0 Å². The molecule has 7 nitrogen and oxygen atoms in total. The number of rotatable bonds is 6. The molecule has 3 rings (SSSR count). The third-order valence-electron chi connectivity index (χ3n) is 3.52. The molecule has 1 aromatic carbocycles. The molecule has 0 atom stereocenters. The first-order valence-corrected chi connectivity index (χ1v) is 10.5. The van der Waals surface area contributed by atoms with E-state index in [9.17, 15) is 9.59 Å². The van der Waals surface area contributed by atoms with Gasteiger partial charge in [-0.05, 0) is 43.4 Å². The molecular formula is C16H15ClN4O3S3. The quantitative estimate of drug-likeness (QED) is 0.404. The van der Waals surface area contributed by atoms with E-state index in [1.165, 1.54) is 23.1 Å². The minimum absolute atomic E-state index is 0.134. The number of nitrogens with one attached hydrogen (secondary N) is 2. The van der Waals surface area contributed by atoms with E-state index < -0.39 is 5.97 Å². The summed E-state index contributed by atoms with van der Waals surface area (Å²) in [6.45, 7) is 2.14. The second-order valence-corrected chi connectivity index (χ2v) is 8.58. The van der Waals surface area contributed by atoms with Crippen molar-refractivity contribution in [2.24, 2.45) is 0 Å². The van der Waals surface area contributed by atoms with Crippen molar-refractivity contribution in [3.63, 3.8) is 0 Å². The Bertz CT molecular complexity index is 953. The number of halogens is 1. The van der Waals surface area contributed by atoms with Gasteiger partial charge in [0, 0.05) is 16.5 Å². The lowest BCUT2D eigenvalue weighted by atomic mass is 10.2. The standard InChI is InChI=1S/C16H15ClN4O3S3/c1-2-24-13(22)11-7-18-14(23)19-12(11)8-26-15-20-21(16(25)27-15)10-5-3-9(17)4-6-10/h3-6H,2,7-8H2,1H3,(H2,18,19,23). The van der Waals surface area contributed by atoms with Crippen LogP contribution in [0.4, 0.5) is 4.79 Å². The van der Waals surface area contributed by atoms with Crippen LogP contribution in [-0.4, -0.2) is 40.7 Å². The van der Waals surface area contributed by atoms with Gasteiger partial charge in [0.05, 0.1) is 24.4 Å². The summed E-state index contributed by atoms with van der Waals surface area (Å²) in [6.07, 6.45) is 0. The summed E-state index contributed by atoms with van der Waals surface area (Å²) in [6, 6.07) is 6.86. The molecule has 0 radical (unpaired) electrons. The molecule has 2 heterocycles. The van der Waals surface area contributed by atoms with Gasteiger partial charge >= 0.3 is 12.0 Å². The number of nitrogens with zero attached hydrogens (tertiary/aromatic N) is 2. The second kappa shape index (κ2) is 8.87. The van der Waals surface area contributed by atoms with Gasteiger partial charge in [0.25, 0.3) is 0 Å². The van der Waals surface area contributed by atoms with Gasteiger partial charge in [-0.2, -0.15) is 0 Å². The van der Waals surface area contributed by atoms with Crippen LogP contribution in [0.5, 0.6) is 0 Å². The first-order chi connectivity index (χ1) is 13.0. The monoisotopic (exact) mass is 442 g/mol. The van der Waals surface area contributed by atoms with E-state index in [1.807, 2.05) is 12.1 Å². The Labute approximate surface area is 173 Å². The Kier molecular flexibility index (Phi) is 6.53. The van der Waals surface area contributed by atoms with Gasteiger partial charge in [0.1, 0.15) is 0 Å². The topological polar surface area (TPSA) is 85.2 Å². The number of hydrogen-bond donors (Lipinski definition) is 2. The lowest BCUT2D eigenvalue weighted by molar-refractivity contribution is -0.138. The molecule has 0 aliphatic carbocycles. The predicted octanol–water partition coefficient (Wildman–Crippen LogP) is 3.54. The lowest BCUT2D eigenvalue weighted by Gasteiger charge is -2.20. The van der Waals surface area contributed by atoms with Gasteiger partial charge in [0.15, 0.2) is 8.29 Å². The molecule has 27 heavy (non-hydrogen) atoms. The summed E-state index contributed by atoms with van der Waals surface area (Å²) in [7, 11) is 0. The molecule has 0 spiro atoms. The zero-order chi connectivity index (χ0) is 19.4. The van der Waals surface area contributed by atoms with E-state index in [-0.39, 0.29) is 19.2 Å². The van der Waals surface area contributed by atoms with Crippen molar-refractivity contribution in [2.75, 3.05) is 18.9 Å². The van der Waals surface area contributed by atoms with Crippen molar-refractivity contribution >= 4 is 58.9 Å². The summed E-state index contributed by atoms with van der Waals surface area (Å²) < 4.78 is 8.01. The van der Waals surface area contributed by atoms with Crippen LogP contribution in [0.15, 0.2) is 39.9 Å². The molecule has 1 aromatic heterocycles. The van der Waals surface area contributed by atoms with Crippen LogP contribution in [0.25, 0.3) is 5.69 Å². The minimum Gasteiger partial charge on any atom is -0.463 e. The maximum atomic E-state index is 12.1. The summed E-state index contributed by atoms with van der Waals surface area (Å²) in [5.74, 6) is -0.0790. The summed E-state index contributed by atoms with van der Waals surface area (Å²) in [5, 5.41) is 10.4. The van der Waals surface area contributed by atoms with Gasteiger partial charge in [-0.1, -0.05) is 34.7 Å². The Morgan fingerprint density at radius 3 is 2.89 bits per heavy atom. The Morgan fingerprint density at radius 2 is 2.19 bits per heavy atom. The first-order valence-electron chi connectivity index (χ1n) is 7.91. The fourth-order valence-electron chi connectivity index (χ4n) is 2.27. The third-order valence-corrected chi connectivity index (χ3v) is 6.16. The average molecular weight is 443 g/mol. The van der Waals surface area contributed by atoms with Crippen molar-refractivity contribution in [3.8, 4) is 5.69 Å². The molecule has 0 fully saturated rings. The van der Waals surface area contributed by atoms with Gasteiger partial charge < -0.3 is 15.4 Å². The van der Waals surface area contributed by atoms with Crippen molar-refractivity contribution in [1.82, 2.24) is 20.4 Å². The van der Waals surface area contributed by atoms with Gasteiger partial charge in [-0.15, -0.1) is 5.10 Å². The smallest absolute Gasteiger partial charge is 0.337 e. The van der Waals surface area contributed by atoms with E-state index in [0.717, 1.165) is 10.0 Å². The highest BCUT2D eigenvalue weighted by Crippen LogP contribution is 2.27. The zero-order valence-electron chi connectivity index (χ0n) is 14.2. The van der Waals surface area contributed by atoms with Crippen LogP contribution in [0.2, 0.25) is 5.02 Å². The number of esters is 1. The summed E-state index contributed by atoms with van der Waals surface area (Å²) in [4.78, 5) is 23.7. The first kappa shape index (κ1) is 19.9. The predicted molar refractivity (Wildman–Crippen MR) is 108 cm³/mol. The van der Waals surface area contributed by atoms with Crippen molar-refractivity contribution in [3.05, 3.63) is 44.5 Å². The Hall–Kier alpha value is -1.88. The molecule has 0 saturated carbocycles. The molecule has 1 aliphatic heterocycles. The largest absolute Gasteiger partial charge is 0.463 e. The van der Waals surface area contributed by atoms with E-state index in [2.05, 4.69) is 15.7 Å². The molecule has 2 aromatic rings. The molecule has 2 amide bonds. The number of benzene rings is 1. The van der Waals surface area contributed by atoms with Gasteiger partial charge in [0.2, 0.25) is 0 Å². The molecule has 0 bridgehead atoms. The fraction of sp³-hybridized carbons (Fsp3) is 0.250. The molecule has 2 N–H and O–H groups in total. The van der Waals surface area contributed by atoms with Crippen LogP contribution < -0.4 is 10.6 Å². The highest BCUT2D eigenvalue weighted by molar-refractivity contribution is 8.01. The Balaban J connectivity index is 1.78. The van der Waals surface area contributed by atoms with E-state index in [1.54, 1.807) is 23.7 Å². The number of carbonyl (C=O) groups is 2. The number of hydrogen-bond acceptors (Lipinski definition) is 7. The number of carbonyl (C=O) groups excluding carboxylic acids is 2. The van der Waals surface area contributed by atoms with Crippen LogP contribution in [-0.2, 0) is 9.53 Å². The second-order valence-electron chi connectivity index (χ2n) is 5.30. The molecule has 1 aliphatic rings. The van der Waals surface area contributed by atoms with Crippen molar-refractivity contribution < 1.29 is 14.3 Å². The van der Waals surface area contributed by atoms with Crippen molar-refractivity contribution in [1.29, 1.82) is 0 Å². The number of amides is 2. The summed E-state index contributed by atoms with van der Waals surface area (Å²) in [5.41, 5.74) is 1.74. The molecule has 0 unspecified atom stereocenters. The zero-order valence-corrected chi connectivity index (χ0v) is 17.4. The average Bonchev–Trinajstić information content (AvgIpc) is 3.01.